The molecule has 1 amide bonds. The number of likely N-dealkylation sites (N-methyl/N-ethyl adjacent to an activating group) is 1. The van der Waals surface area contributed by atoms with Crippen molar-refractivity contribution in [3.8, 4) is 5.75 Å². The number of nitrogens with two attached hydrogens (primary N) is 1. The van der Waals surface area contributed by atoms with Crippen LogP contribution >= 0.6 is 0 Å². The van der Waals surface area contributed by atoms with E-state index in [1.807, 2.05) is 13.8 Å². The molecule has 0 unspecified atom stereocenters. The van der Waals surface area contributed by atoms with Crippen molar-refractivity contribution in [3.63, 3.8) is 0 Å². The van der Waals surface area contributed by atoms with E-state index in [-0.39, 0.29) is 24.4 Å². The van der Waals surface area contributed by atoms with Gasteiger partial charge in [0.2, 0.25) is 5.78 Å². The maximum Gasteiger partial charge on any atom is 0.417 e. The number of nitrogens with zero attached hydrogens (tertiary/aromatic N) is 2. The molecule has 10 nitrogen and oxygen atoms in total. The van der Waals surface area contributed by atoms with E-state index in [0.717, 1.165) is 6.07 Å². The van der Waals surface area contributed by atoms with Gasteiger partial charge in [0.1, 0.15) is 22.8 Å². The SMILES string of the molecule is CC(C)CN(C)Cc1cc(O)c2c(c1C(F)(F)F)C[C@H]1C[C@H]3[C@H](N(C)C)C(O)=C(C(N)=O)C(=O)[C@@]3(O)C(O)=C1C2=O. The van der Waals surface area contributed by atoms with Crippen LogP contribution in [0.4, 0.5) is 13.2 Å². The molecule has 13 heteroatoms. The molecule has 1 aromatic rings. The van der Waals surface area contributed by atoms with Crippen LogP contribution in [0.25, 0.3) is 0 Å². The second-order valence-corrected chi connectivity index (χ2v) is 11.8. The monoisotopic (exact) mass is 581 g/mol. The number of carbonyl (C=O) groups excluding carboxylic acids is 3. The lowest BCUT2D eigenvalue weighted by Gasteiger charge is -2.50. The number of fused-ring (bicyclic) bond motifs is 3. The molecule has 1 aromatic carbocycles. The van der Waals surface area contributed by atoms with E-state index in [9.17, 15) is 48.0 Å². The van der Waals surface area contributed by atoms with Gasteiger partial charge in [-0.2, -0.15) is 13.2 Å². The molecule has 3 aliphatic carbocycles. The Balaban J connectivity index is 1.94. The molecule has 0 saturated heterocycles. The van der Waals surface area contributed by atoms with E-state index in [2.05, 4.69) is 0 Å². The lowest BCUT2D eigenvalue weighted by atomic mass is 9.58. The number of benzene rings is 1. The number of halogens is 3. The Morgan fingerprint density at radius 3 is 2.29 bits per heavy atom. The fraction of sp³-hybridized carbons (Fsp3) is 0.536. The number of alkyl halides is 3. The highest BCUT2D eigenvalue weighted by molar-refractivity contribution is 6.24. The highest BCUT2D eigenvalue weighted by Crippen LogP contribution is 2.53. The molecule has 0 bridgehead atoms. The van der Waals surface area contributed by atoms with Gasteiger partial charge in [0, 0.05) is 24.6 Å². The summed E-state index contributed by atoms with van der Waals surface area (Å²) in [4.78, 5) is 42.1. The molecular weight excluding hydrogens is 547 g/mol. The summed E-state index contributed by atoms with van der Waals surface area (Å²) in [6, 6.07) is -0.360. The Hall–Kier alpha value is -3.42. The molecule has 0 radical (unpaired) electrons. The predicted molar refractivity (Wildman–Crippen MR) is 140 cm³/mol. The van der Waals surface area contributed by atoms with Gasteiger partial charge in [-0.3, -0.25) is 19.3 Å². The van der Waals surface area contributed by atoms with Gasteiger partial charge in [0.15, 0.2) is 11.4 Å². The van der Waals surface area contributed by atoms with Crippen molar-refractivity contribution in [3.05, 3.63) is 51.0 Å². The maximum absolute atomic E-state index is 14.6. The summed E-state index contributed by atoms with van der Waals surface area (Å²) in [5.74, 6) is -8.86. The van der Waals surface area contributed by atoms with Crippen molar-refractivity contribution in [2.45, 2.75) is 51.1 Å². The van der Waals surface area contributed by atoms with E-state index in [1.54, 1.807) is 11.9 Å². The van der Waals surface area contributed by atoms with Crippen LogP contribution in [0.2, 0.25) is 0 Å². The normalized spacial score (nSPS) is 26.6. The van der Waals surface area contributed by atoms with Gasteiger partial charge >= 0.3 is 6.18 Å². The fourth-order valence-electron chi connectivity index (χ4n) is 6.85. The number of Topliss-reactive ketones (excluding diaryl/α,β-unsaturated/α-hetero) is 2. The number of phenols is 1. The number of phenolic OH excluding ortho intramolecular Hbond substituents is 1. The predicted octanol–water partition coefficient (Wildman–Crippen LogP) is 2.23. The number of primary amides is 1. The average Bonchev–Trinajstić information content (AvgIpc) is 2.79. The lowest BCUT2D eigenvalue weighted by Crippen LogP contribution is -2.63. The van der Waals surface area contributed by atoms with E-state index in [1.165, 1.54) is 19.0 Å². The standard InChI is InChI=1S/C28H34F3N3O7/c1-11(2)9-34(5)10-13-8-16(35)18-14(20(13)28(29,30)31)6-12-7-15-21(33(3)4)23(37)19(26(32)40)25(39)27(15,41)24(38)17(12)22(18)36/h8,11-12,15,21,35,37-38,41H,6-7,9-10H2,1-5H3,(H2,32,40)/t12-,15-,21-,27-/m0/s1. The Morgan fingerprint density at radius 1 is 1.17 bits per heavy atom. The third-order valence-electron chi connectivity index (χ3n) is 8.21. The Labute approximate surface area is 234 Å². The van der Waals surface area contributed by atoms with Crippen LogP contribution in [0.15, 0.2) is 28.7 Å². The first-order valence-electron chi connectivity index (χ1n) is 13.1. The molecule has 0 spiro atoms. The number of aliphatic hydroxyl groups is 3. The van der Waals surface area contributed by atoms with Crippen LogP contribution in [0, 0.1) is 17.8 Å². The largest absolute Gasteiger partial charge is 0.510 e. The third-order valence-corrected chi connectivity index (χ3v) is 8.21. The van der Waals surface area contributed by atoms with Gasteiger partial charge in [-0.15, -0.1) is 0 Å². The zero-order valence-corrected chi connectivity index (χ0v) is 23.3. The number of ketones is 2. The van der Waals surface area contributed by atoms with Crippen molar-refractivity contribution >= 4 is 17.5 Å². The van der Waals surface area contributed by atoms with E-state index >= 15 is 0 Å². The minimum absolute atomic E-state index is 0.155. The van der Waals surface area contributed by atoms with E-state index in [4.69, 9.17) is 5.73 Å². The average molecular weight is 582 g/mol. The minimum Gasteiger partial charge on any atom is -0.510 e. The zero-order valence-electron chi connectivity index (χ0n) is 23.3. The van der Waals surface area contributed by atoms with Gasteiger partial charge in [0.05, 0.1) is 17.2 Å². The molecule has 0 heterocycles. The molecule has 4 atom stereocenters. The van der Waals surface area contributed by atoms with Crippen molar-refractivity contribution in [2.75, 3.05) is 27.7 Å². The Bertz CT molecular complexity index is 1400. The lowest BCUT2D eigenvalue weighted by molar-refractivity contribution is -0.148. The zero-order chi connectivity index (χ0) is 30.9. The Kier molecular flexibility index (Phi) is 7.55. The minimum atomic E-state index is -4.89. The van der Waals surface area contributed by atoms with Crippen LogP contribution in [-0.2, 0) is 28.7 Å². The second kappa shape index (κ2) is 10.1. The molecule has 0 fully saturated rings. The molecular formula is C28H34F3N3O7. The van der Waals surface area contributed by atoms with Crippen molar-refractivity contribution in [2.24, 2.45) is 23.5 Å². The van der Waals surface area contributed by atoms with Crippen molar-refractivity contribution in [1.82, 2.24) is 9.80 Å². The van der Waals surface area contributed by atoms with E-state index in [0.29, 0.717) is 6.54 Å². The summed E-state index contributed by atoms with van der Waals surface area (Å²) in [6.07, 6.45) is -5.64. The van der Waals surface area contributed by atoms with Crippen LogP contribution in [0.1, 0.15) is 47.3 Å². The van der Waals surface area contributed by atoms with Gasteiger partial charge in [-0.05, 0) is 63.0 Å². The summed E-state index contributed by atoms with van der Waals surface area (Å²) in [5.41, 5.74) is -1.45. The number of hydrogen-bond acceptors (Lipinski definition) is 9. The fourth-order valence-corrected chi connectivity index (χ4v) is 6.85. The van der Waals surface area contributed by atoms with Crippen LogP contribution in [-0.4, -0.2) is 87.0 Å². The highest BCUT2D eigenvalue weighted by atomic mass is 19.4. The first-order chi connectivity index (χ1) is 18.8. The van der Waals surface area contributed by atoms with Gasteiger partial charge in [-0.25, -0.2) is 0 Å². The third kappa shape index (κ3) is 4.69. The molecule has 4 rings (SSSR count). The number of aromatic hydroxyl groups is 1. The molecule has 0 saturated carbocycles. The second-order valence-electron chi connectivity index (χ2n) is 11.8. The smallest absolute Gasteiger partial charge is 0.417 e. The number of aliphatic hydroxyl groups excluding tert-OH is 2. The topological polar surface area (TPSA) is 165 Å². The summed E-state index contributed by atoms with van der Waals surface area (Å²) in [7, 11) is 4.57. The van der Waals surface area contributed by atoms with Crippen LogP contribution in [0.5, 0.6) is 5.75 Å². The summed E-state index contributed by atoms with van der Waals surface area (Å²) in [6.45, 7) is 4.13. The van der Waals surface area contributed by atoms with Crippen molar-refractivity contribution in [1.29, 1.82) is 0 Å². The van der Waals surface area contributed by atoms with Gasteiger partial charge in [-0.1, -0.05) is 13.8 Å². The highest BCUT2D eigenvalue weighted by Gasteiger charge is 2.63. The molecule has 0 aliphatic heterocycles. The molecule has 3 aliphatic rings. The quantitative estimate of drug-likeness (QED) is 0.317. The van der Waals surface area contributed by atoms with E-state index < -0.39 is 98.7 Å². The molecule has 224 valence electrons. The number of rotatable bonds is 6. The summed E-state index contributed by atoms with van der Waals surface area (Å²) < 4.78 is 43.7. The number of amides is 1. The number of allylic oxidation sites excluding steroid dienone is 1. The first kappa shape index (κ1) is 30.5. The molecule has 6 N–H and O–H groups in total. The van der Waals surface area contributed by atoms with Crippen LogP contribution in [0.3, 0.4) is 0 Å². The summed E-state index contributed by atoms with van der Waals surface area (Å²) >= 11 is 0. The number of carbonyl (C=O) groups is 3. The molecule has 0 aromatic heterocycles. The Morgan fingerprint density at radius 2 is 1.78 bits per heavy atom. The first-order valence-corrected chi connectivity index (χ1v) is 13.1. The molecule has 41 heavy (non-hydrogen) atoms. The maximum atomic E-state index is 14.6. The van der Waals surface area contributed by atoms with Gasteiger partial charge < -0.3 is 31.1 Å². The summed E-state index contributed by atoms with van der Waals surface area (Å²) in [5, 5.41) is 44.6. The van der Waals surface area contributed by atoms with Crippen molar-refractivity contribution < 1.29 is 48.0 Å². The van der Waals surface area contributed by atoms with Crippen LogP contribution < -0.4 is 5.73 Å². The number of hydrogen-bond donors (Lipinski definition) is 5. The van der Waals surface area contributed by atoms with Gasteiger partial charge in [0.25, 0.3) is 5.91 Å².